The van der Waals surface area contributed by atoms with Crippen molar-refractivity contribution in [3.63, 3.8) is 0 Å². The third-order valence-corrected chi connectivity index (χ3v) is 2.37. The van der Waals surface area contributed by atoms with Crippen LogP contribution in [0.4, 0.5) is 5.69 Å². The van der Waals surface area contributed by atoms with E-state index in [2.05, 4.69) is 17.2 Å². The van der Waals surface area contributed by atoms with Crippen LogP contribution in [-0.4, -0.2) is 23.0 Å². The van der Waals surface area contributed by atoms with Gasteiger partial charge in [-0.25, -0.2) is 0 Å². The molecule has 1 aromatic heterocycles. The summed E-state index contributed by atoms with van der Waals surface area (Å²) in [6, 6.07) is 3.25. The van der Waals surface area contributed by atoms with Gasteiger partial charge in [0, 0.05) is 36.5 Å². The Bertz CT molecular complexity index is 337. The summed E-state index contributed by atoms with van der Waals surface area (Å²) in [5, 5.41) is 13.7. The number of pyridine rings is 1. The van der Waals surface area contributed by atoms with Crippen molar-refractivity contribution in [1.82, 2.24) is 10.3 Å². The first-order valence-corrected chi connectivity index (χ1v) is 4.94. The van der Waals surface area contributed by atoms with Crippen LogP contribution < -0.4 is 5.32 Å². The Hall–Kier alpha value is -1.49. The molecule has 0 fully saturated rings. The molecule has 1 heterocycles. The molecule has 82 valence electrons. The number of rotatable bonds is 5. The lowest BCUT2D eigenvalue weighted by Crippen LogP contribution is -2.26. The van der Waals surface area contributed by atoms with E-state index in [1.54, 1.807) is 0 Å². The zero-order chi connectivity index (χ0) is 11.3. The van der Waals surface area contributed by atoms with Gasteiger partial charge < -0.3 is 5.32 Å². The first-order chi connectivity index (χ1) is 7.17. The maximum atomic E-state index is 10.5. The second-order valence-corrected chi connectivity index (χ2v) is 3.36. The van der Waals surface area contributed by atoms with Crippen LogP contribution in [0.25, 0.3) is 0 Å². The summed E-state index contributed by atoms with van der Waals surface area (Å²) < 4.78 is 0. The molecule has 1 rings (SSSR count). The van der Waals surface area contributed by atoms with Crippen molar-refractivity contribution in [2.75, 3.05) is 7.05 Å². The number of nitro groups is 1. The molecule has 5 nitrogen and oxygen atoms in total. The van der Waals surface area contributed by atoms with E-state index >= 15 is 0 Å². The Kier molecular flexibility index (Phi) is 4.17. The fourth-order valence-corrected chi connectivity index (χ4v) is 1.39. The summed E-state index contributed by atoms with van der Waals surface area (Å²) in [5.74, 6) is 0. The van der Waals surface area contributed by atoms with Gasteiger partial charge in [0.25, 0.3) is 5.69 Å². The molecule has 1 unspecified atom stereocenters. The van der Waals surface area contributed by atoms with Gasteiger partial charge in [0.15, 0.2) is 0 Å². The van der Waals surface area contributed by atoms with Gasteiger partial charge in [-0.3, -0.25) is 15.1 Å². The summed E-state index contributed by atoms with van der Waals surface area (Å²) in [5.41, 5.74) is 0.858. The Morgan fingerprint density at radius 2 is 2.40 bits per heavy atom. The van der Waals surface area contributed by atoms with Gasteiger partial charge in [-0.1, -0.05) is 6.92 Å². The van der Waals surface area contributed by atoms with E-state index in [-0.39, 0.29) is 5.69 Å². The summed E-state index contributed by atoms with van der Waals surface area (Å²) in [6.45, 7) is 2.07. The van der Waals surface area contributed by atoms with Gasteiger partial charge in [-0.05, 0) is 13.5 Å². The standard InChI is InChI=1S/C10H15N3O2/c1-3-8(11-2)6-9-7-10(13(14)15)4-5-12-9/h4-5,7-8,11H,3,6H2,1-2H3. The molecule has 0 bridgehead atoms. The monoisotopic (exact) mass is 209 g/mol. The summed E-state index contributed by atoms with van der Waals surface area (Å²) in [7, 11) is 1.88. The fraction of sp³-hybridized carbons (Fsp3) is 0.500. The lowest BCUT2D eigenvalue weighted by Gasteiger charge is -2.12. The number of hydrogen-bond acceptors (Lipinski definition) is 4. The van der Waals surface area contributed by atoms with Gasteiger partial charge in [0.1, 0.15) is 0 Å². The highest BCUT2D eigenvalue weighted by atomic mass is 16.6. The first kappa shape index (κ1) is 11.6. The molecule has 0 saturated carbocycles. The Morgan fingerprint density at radius 1 is 1.67 bits per heavy atom. The molecule has 15 heavy (non-hydrogen) atoms. The van der Waals surface area contributed by atoms with Crippen molar-refractivity contribution in [3.8, 4) is 0 Å². The van der Waals surface area contributed by atoms with E-state index in [4.69, 9.17) is 0 Å². The first-order valence-electron chi connectivity index (χ1n) is 4.94. The molecule has 0 aliphatic heterocycles. The van der Waals surface area contributed by atoms with Crippen LogP contribution >= 0.6 is 0 Å². The lowest BCUT2D eigenvalue weighted by atomic mass is 10.1. The molecule has 0 amide bonds. The highest BCUT2D eigenvalue weighted by Crippen LogP contribution is 2.12. The zero-order valence-corrected chi connectivity index (χ0v) is 8.93. The Morgan fingerprint density at radius 3 is 2.93 bits per heavy atom. The maximum Gasteiger partial charge on any atom is 0.272 e. The minimum absolute atomic E-state index is 0.103. The van der Waals surface area contributed by atoms with E-state index in [0.717, 1.165) is 12.1 Å². The van der Waals surface area contributed by atoms with Crippen LogP contribution in [0.2, 0.25) is 0 Å². The summed E-state index contributed by atoms with van der Waals surface area (Å²) in [4.78, 5) is 14.3. The van der Waals surface area contributed by atoms with Crippen LogP contribution in [0, 0.1) is 10.1 Å². The van der Waals surface area contributed by atoms with E-state index in [9.17, 15) is 10.1 Å². The Balaban J connectivity index is 2.77. The van der Waals surface area contributed by atoms with E-state index < -0.39 is 4.92 Å². The SMILES string of the molecule is CCC(Cc1cc([N+](=O)[O-])ccn1)NC. The smallest absolute Gasteiger partial charge is 0.272 e. The molecular formula is C10H15N3O2. The van der Waals surface area contributed by atoms with E-state index in [1.165, 1.54) is 18.3 Å². The Labute approximate surface area is 88.7 Å². The topological polar surface area (TPSA) is 68.1 Å². The lowest BCUT2D eigenvalue weighted by molar-refractivity contribution is -0.385. The number of nitrogens with zero attached hydrogens (tertiary/aromatic N) is 2. The van der Waals surface area contributed by atoms with Gasteiger partial charge >= 0.3 is 0 Å². The van der Waals surface area contributed by atoms with Crippen molar-refractivity contribution >= 4 is 5.69 Å². The number of hydrogen-bond donors (Lipinski definition) is 1. The largest absolute Gasteiger partial charge is 0.317 e. The van der Waals surface area contributed by atoms with Crippen LogP contribution in [0.5, 0.6) is 0 Å². The maximum absolute atomic E-state index is 10.5. The van der Waals surface area contributed by atoms with Crippen molar-refractivity contribution < 1.29 is 4.92 Å². The molecule has 0 aliphatic carbocycles. The summed E-state index contributed by atoms with van der Waals surface area (Å²) in [6.07, 6.45) is 3.17. The van der Waals surface area contributed by atoms with Crippen LogP contribution in [0.1, 0.15) is 19.0 Å². The van der Waals surface area contributed by atoms with Gasteiger partial charge in [0.05, 0.1) is 4.92 Å². The molecule has 1 aromatic rings. The second-order valence-electron chi connectivity index (χ2n) is 3.36. The van der Waals surface area contributed by atoms with Crippen molar-refractivity contribution in [2.24, 2.45) is 0 Å². The molecule has 0 radical (unpaired) electrons. The molecule has 0 saturated heterocycles. The number of likely N-dealkylation sites (N-methyl/N-ethyl adjacent to an activating group) is 1. The van der Waals surface area contributed by atoms with Gasteiger partial charge in [-0.15, -0.1) is 0 Å². The minimum Gasteiger partial charge on any atom is -0.317 e. The van der Waals surface area contributed by atoms with Crippen molar-refractivity contribution in [3.05, 3.63) is 34.1 Å². The number of aromatic nitrogens is 1. The highest BCUT2D eigenvalue weighted by molar-refractivity contribution is 5.29. The highest BCUT2D eigenvalue weighted by Gasteiger charge is 2.10. The van der Waals surface area contributed by atoms with Crippen molar-refractivity contribution in [1.29, 1.82) is 0 Å². The molecule has 1 N–H and O–H groups in total. The summed E-state index contributed by atoms with van der Waals surface area (Å²) >= 11 is 0. The molecular weight excluding hydrogens is 194 g/mol. The van der Waals surface area contributed by atoms with Gasteiger partial charge in [0.2, 0.25) is 0 Å². The number of nitrogens with one attached hydrogen (secondary N) is 1. The molecule has 0 spiro atoms. The van der Waals surface area contributed by atoms with Crippen LogP contribution in [0.15, 0.2) is 18.3 Å². The van der Waals surface area contributed by atoms with Gasteiger partial charge in [-0.2, -0.15) is 0 Å². The zero-order valence-electron chi connectivity index (χ0n) is 8.93. The average Bonchev–Trinajstić information content (AvgIpc) is 2.26. The van der Waals surface area contributed by atoms with Crippen LogP contribution in [0.3, 0.4) is 0 Å². The third-order valence-electron chi connectivity index (χ3n) is 2.37. The van der Waals surface area contributed by atoms with Crippen LogP contribution in [-0.2, 0) is 6.42 Å². The predicted molar refractivity (Wildman–Crippen MR) is 57.7 cm³/mol. The average molecular weight is 209 g/mol. The van der Waals surface area contributed by atoms with E-state index in [0.29, 0.717) is 12.5 Å². The quantitative estimate of drug-likeness (QED) is 0.589. The second kappa shape index (κ2) is 5.41. The molecule has 0 aliphatic rings. The predicted octanol–water partition coefficient (Wildman–Crippen LogP) is 1.53. The molecule has 5 heteroatoms. The normalized spacial score (nSPS) is 12.4. The molecule has 1 atom stereocenters. The third kappa shape index (κ3) is 3.28. The van der Waals surface area contributed by atoms with E-state index in [1.807, 2.05) is 7.05 Å². The minimum atomic E-state index is -0.397. The molecule has 0 aromatic carbocycles. The fourth-order valence-electron chi connectivity index (χ4n) is 1.39. The van der Waals surface area contributed by atoms with Crippen molar-refractivity contribution in [2.45, 2.75) is 25.8 Å².